The number of benzene rings is 2. The van der Waals surface area contributed by atoms with Gasteiger partial charge in [-0.1, -0.05) is 18.0 Å². The molecule has 1 aliphatic rings. The van der Waals surface area contributed by atoms with E-state index < -0.39 is 0 Å². The first-order valence-corrected chi connectivity index (χ1v) is 7.52. The lowest BCUT2D eigenvalue weighted by Gasteiger charge is -2.24. The van der Waals surface area contributed by atoms with Crippen LogP contribution in [0.3, 0.4) is 0 Å². The van der Waals surface area contributed by atoms with Crippen LogP contribution in [0.4, 0.5) is 17.1 Å². The highest BCUT2D eigenvalue weighted by Crippen LogP contribution is 2.28. The van der Waals surface area contributed by atoms with Crippen molar-refractivity contribution in [3.63, 3.8) is 0 Å². The van der Waals surface area contributed by atoms with E-state index in [2.05, 4.69) is 10.6 Å². The van der Waals surface area contributed by atoms with Crippen molar-refractivity contribution in [3.05, 3.63) is 53.6 Å². The summed E-state index contributed by atoms with van der Waals surface area (Å²) in [5, 5.41) is 6.96. The molecule has 1 saturated carbocycles. The Bertz CT molecular complexity index is 618. The van der Waals surface area contributed by atoms with Crippen LogP contribution in [-0.2, 0) is 4.79 Å². The molecule has 3 nitrogen and oxygen atoms in total. The van der Waals surface area contributed by atoms with E-state index in [-0.39, 0.29) is 11.8 Å². The number of anilines is 3. The number of halogens is 1. The van der Waals surface area contributed by atoms with Crippen molar-refractivity contribution >= 4 is 34.6 Å². The molecule has 21 heavy (non-hydrogen) atoms. The van der Waals surface area contributed by atoms with E-state index in [0.29, 0.717) is 0 Å². The van der Waals surface area contributed by atoms with Crippen molar-refractivity contribution in [1.82, 2.24) is 0 Å². The molecule has 0 bridgehead atoms. The Balaban J connectivity index is 1.60. The highest BCUT2D eigenvalue weighted by molar-refractivity contribution is 6.30. The predicted octanol–water partition coefficient (Wildman–Crippen LogP) is 4.82. The molecular formula is C17H17ClN2O. The summed E-state index contributed by atoms with van der Waals surface area (Å²) in [5.74, 6) is 0.344. The lowest BCUT2D eigenvalue weighted by atomic mass is 9.85. The van der Waals surface area contributed by atoms with E-state index in [4.69, 9.17) is 11.6 Å². The van der Waals surface area contributed by atoms with E-state index in [1.165, 1.54) is 6.42 Å². The topological polar surface area (TPSA) is 41.1 Å². The van der Waals surface area contributed by atoms with Crippen LogP contribution in [0.2, 0.25) is 5.02 Å². The highest BCUT2D eigenvalue weighted by Gasteiger charge is 2.24. The molecule has 0 spiro atoms. The maximum Gasteiger partial charge on any atom is 0.227 e. The van der Waals surface area contributed by atoms with Gasteiger partial charge in [0.2, 0.25) is 5.91 Å². The van der Waals surface area contributed by atoms with Crippen LogP contribution in [0.1, 0.15) is 19.3 Å². The molecule has 0 radical (unpaired) electrons. The maximum absolute atomic E-state index is 11.9. The zero-order chi connectivity index (χ0) is 14.7. The summed E-state index contributed by atoms with van der Waals surface area (Å²) in [6.07, 6.45) is 3.20. The fourth-order valence-corrected chi connectivity index (χ4v) is 2.38. The third-order valence-electron chi connectivity index (χ3n) is 3.76. The van der Waals surface area contributed by atoms with E-state index in [1.54, 1.807) is 0 Å². The molecule has 0 aliphatic heterocycles. The van der Waals surface area contributed by atoms with Gasteiger partial charge in [0.25, 0.3) is 0 Å². The van der Waals surface area contributed by atoms with Gasteiger partial charge in [-0.15, -0.1) is 0 Å². The van der Waals surface area contributed by atoms with Crippen molar-refractivity contribution in [1.29, 1.82) is 0 Å². The van der Waals surface area contributed by atoms with Gasteiger partial charge in [0, 0.05) is 28.0 Å². The van der Waals surface area contributed by atoms with Gasteiger partial charge in [-0.25, -0.2) is 0 Å². The molecule has 1 amide bonds. The normalized spacial score (nSPS) is 14.3. The summed E-state index contributed by atoms with van der Waals surface area (Å²) < 4.78 is 0. The average Bonchev–Trinajstić information content (AvgIpc) is 2.41. The molecule has 0 aromatic heterocycles. The van der Waals surface area contributed by atoms with E-state index in [0.717, 1.165) is 34.9 Å². The summed E-state index contributed by atoms with van der Waals surface area (Å²) in [4.78, 5) is 11.9. The quantitative estimate of drug-likeness (QED) is 0.849. The van der Waals surface area contributed by atoms with Gasteiger partial charge < -0.3 is 10.6 Å². The summed E-state index contributed by atoms with van der Waals surface area (Å²) in [5.41, 5.74) is 2.79. The molecule has 108 valence electrons. The van der Waals surface area contributed by atoms with Crippen LogP contribution in [0.25, 0.3) is 0 Å². The molecule has 0 unspecified atom stereocenters. The van der Waals surface area contributed by atoms with Crippen LogP contribution in [-0.4, -0.2) is 5.91 Å². The van der Waals surface area contributed by atoms with Crippen molar-refractivity contribution in [2.45, 2.75) is 19.3 Å². The molecule has 2 aromatic carbocycles. The third kappa shape index (κ3) is 3.56. The molecule has 3 rings (SSSR count). The first-order chi connectivity index (χ1) is 10.2. The third-order valence-corrected chi connectivity index (χ3v) is 4.01. The zero-order valence-corrected chi connectivity index (χ0v) is 12.4. The molecule has 2 aromatic rings. The minimum atomic E-state index is 0.139. The van der Waals surface area contributed by atoms with Crippen molar-refractivity contribution in [2.24, 2.45) is 5.92 Å². The van der Waals surface area contributed by atoms with Crippen LogP contribution in [0.15, 0.2) is 48.5 Å². The minimum Gasteiger partial charge on any atom is -0.356 e. The van der Waals surface area contributed by atoms with E-state index >= 15 is 0 Å². The summed E-state index contributed by atoms with van der Waals surface area (Å²) in [6.45, 7) is 0. The SMILES string of the molecule is O=C(Nc1ccc(Nc2ccc(Cl)cc2)cc1)C1CCC1. The Labute approximate surface area is 129 Å². The highest BCUT2D eigenvalue weighted by atomic mass is 35.5. The Morgan fingerprint density at radius 2 is 1.43 bits per heavy atom. The number of hydrogen-bond acceptors (Lipinski definition) is 2. The summed E-state index contributed by atoms with van der Waals surface area (Å²) in [7, 11) is 0. The second kappa shape index (κ2) is 6.19. The first kappa shape index (κ1) is 14.0. The first-order valence-electron chi connectivity index (χ1n) is 7.14. The Hall–Kier alpha value is -2.00. The number of nitrogens with one attached hydrogen (secondary N) is 2. The molecule has 0 saturated heterocycles. The zero-order valence-electron chi connectivity index (χ0n) is 11.6. The number of amides is 1. The fourth-order valence-electron chi connectivity index (χ4n) is 2.25. The lowest BCUT2D eigenvalue weighted by Crippen LogP contribution is -2.27. The van der Waals surface area contributed by atoms with Gasteiger partial charge in [0.05, 0.1) is 0 Å². The second-order valence-corrected chi connectivity index (χ2v) is 5.76. The summed E-state index contributed by atoms with van der Waals surface area (Å²) in [6, 6.07) is 15.3. The number of hydrogen-bond donors (Lipinski definition) is 2. The van der Waals surface area contributed by atoms with Gasteiger partial charge in [0.15, 0.2) is 0 Å². The molecule has 1 fully saturated rings. The molecule has 1 aliphatic carbocycles. The number of carbonyl (C=O) groups excluding carboxylic acids is 1. The van der Waals surface area contributed by atoms with Crippen molar-refractivity contribution < 1.29 is 4.79 Å². The van der Waals surface area contributed by atoms with Gasteiger partial charge in [-0.05, 0) is 61.4 Å². The monoisotopic (exact) mass is 300 g/mol. The standard InChI is InChI=1S/C17H17ClN2O/c18-13-4-6-14(7-5-13)19-15-8-10-16(11-9-15)20-17(21)12-2-1-3-12/h4-12,19H,1-3H2,(H,20,21). The Morgan fingerprint density at radius 1 is 0.905 bits per heavy atom. The average molecular weight is 301 g/mol. The fraction of sp³-hybridized carbons (Fsp3) is 0.235. The van der Waals surface area contributed by atoms with E-state index in [1.807, 2.05) is 48.5 Å². The van der Waals surface area contributed by atoms with E-state index in [9.17, 15) is 4.79 Å². The smallest absolute Gasteiger partial charge is 0.227 e. The molecule has 2 N–H and O–H groups in total. The van der Waals surface area contributed by atoms with Gasteiger partial charge >= 0.3 is 0 Å². The minimum absolute atomic E-state index is 0.139. The van der Waals surface area contributed by atoms with Gasteiger partial charge in [-0.2, -0.15) is 0 Å². The van der Waals surface area contributed by atoms with Crippen LogP contribution in [0.5, 0.6) is 0 Å². The molecule has 0 atom stereocenters. The van der Waals surface area contributed by atoms with Crippen LogP contribution < -0.4 is 10.6 Å². The lowest BCUT2D eigenvalue weighted by molar-refractivity contribution is -0.122. The number of rotatable bonds is 4. The predicted molar refractivity (Wildman–Crippen MR) is 87.1 cm³/mol. The Kier molecular flexibility index (Phi) is 4.11. The van der Waals surface area contributed by atoms with Gasteiger partial charge in [0.1, 0.15) is 0 Å². The van der Waals surface area contributed by atoms with Gasteiger partial charge in [-0.3, -0.25) is 4.79 Å². The second-order valence-electron chi connectivity index (χ2n) is 5.33. The molecule has 4 heteroatoms. The van der Waals surface area contributed by atoms with Crippen molar-refractivity contribution in [3.8, 4) is 0 Å². The van der Waals surface area contributed by atoms with Crippen molar-refractivity contribution in [2.75, 3.05) is 10.6 Å². The van der Waals surface area contributed by atoms with Crippen LogP contribution >= 0.6 is 11.6 Å². The maximum atomic E-state index is 11.9. The molecule has 0 heterocycles. The van der Waals surface area contributed by atoms with Crippen LogP contribution in [0, 0.1) is 5.92 Å². The largest absolute Gasteiger partial charge is 0.356 e. The number of carbonyl (C=O) groups is 1. The molecular weight excluding hydrogens is 284 g/mol. The summed E-state index contributed by atoms with van der Waals surface area (Å²) >= 11 is 5.86. The Morgan fingerprint density at radius 3 is 1.95 bits per heavy atom.